The smallest absolute Gasteiger partial charge is 0.433 e. The summed E-state index contributed by atoms with van der Waals surface area (Å²) in [5, 5.41) is 3.97. The Balaban J connectivity index is 1.79. The molecule has 1 amide bonds. The molecule has 3 aromatic rings. The quantitative estimate of drug-likeness (QED) is 0.396. The summed E-state index contributed by atoms with van der Waals surface area (Å²) in [5.41, 5.74) is -0.895. The number of hydrogen-bond donors (Lipinski definition) is 1. The van der Waals surface area contributed by atoms with E-state index in [2.05, 4.69) is 20.3 Å². The predicted molar refractivity (Wildman–Crippen MR) is 126 cm³/mol. The van der Waals surface area contributed by atoms with E-state index in [1.54, 1.807) is 24.4 Å². The number of ether oxygens (including phenoxy) is 1. The van der Waals surface area contributed by atoms with Crippen molar-refractivity contribution in [3.63, 3.8) is 0 Å². The number of aromatic nitrogens is 3. The van der Waals surface area contributed by atoms with Crippen molar-refractivity contribution >= 4 is 29.1 Å². The van der Waals surface area contributed by atoms with Crippen molar-refractivity contribution in [3.8, 4) is 5.88 Å². The number of rotatable bonds is 8. The second-order valence-electron chi connectivity index (χ2n) is 8.49. The van der Waals surface area contributed by atoms with Gasteiger partial charge in [-0.15, -0.1) is 0 Å². The summed E-state index contributed by atoms with van der Waals surface area (Å²) in [5.74, 6) is -1.12. The average Bonchev–Trinajstić information content (AvgIpc) is 2.78. The lowest BCUT2D eigenvalue weighted by Gasteiger charge is -2.30. The van der Waals surface area contributed by atoms with Gasteiger partial charge in [0.1, 0.15) is 6.33 Å². The maximum atomic E-state index is 13.1. The molecule has 0 aliphatic carbocycles. The van der Waals surface area contributed by atoms with Crippen molar-refractivity contribution in [1.82, 2.24) is 20.3 Å². The third-order valence-electron chi connectivity index (χ3n) is 5.32. The molecule has 2 heterocycles. The first-order valence-corrected chi connectivity index (χ1v) is 11.3. The van der Waals surface area contributed by atoms with Gasteiger partial charge in [0.25, 0.3) is 5.91 Å². The molecule has 2 atom stereocenters. The van der Waals surface area contributed by atoms with Gasteiger partial charge in [-0.3, -0.25) is 9.78 Å². The summed E-state index contributed by atoms with van der Waals surface area (Å²) in [6.07, 6.45) is -0.189. The third kappa shape index (κ3) is 7.29. The predicted octanol–water partition coefficient (Wildman–Crippen LogP) is 5.89. The summed E-state index contributed by atoms with van der Waals surface area (Å²) < 4.78 is 44.4. The van der Waals surface area contributed by atoms with Gasteiger partial charge < -0.3 is 10.1 Å². The van der Waals surface area contributed by atoms with Crippen LogP contribution in [0.1, 0.15) is 43.5 Å². The van der Waals surface area contributed by atoms with Gasteiger partial charge in [0.2, 0.25) is 5.88 Å². The Morgan fingerprint density at radius 2 is 1.74 bits per heavy atom. The molecule has 0 fully saturated rings. The molecule has 1 N–H and O–H groups in total. The zero-order chi connectivity index (χ0) is 25.8. The molecule has 2 unspecified atom stereocenters. The van der Waals surface area contributed by atoms with E-state index < -0.39 is 29.4 Å². The van der Waals surface area contributed by atoms with Crippen LogP contribution in [0, 0.1) is 0 Å². The number of carbonyl (C=O) groups is 1. The van der Waals surface area contributed by atoms with Crippen molar-refractivity contribution in [2.75, 3.05) is 0 Å². The molecule has 0 radical (unpaired) electrons. The normalized spacial score (nSPS) is 13.7. The minimum absolute atomic E-state index is 0.224. The van der Waals surface area contributed by atoms with Crippen molar-refractivity contribution < 1.29 is 22.7 Å². The summed E-state index contributed by atoms with van der Waals surface area (Å²) in [6, 6.07) is 9.35. The number of carbonyl (C=O) groups excluding carboxylic acids is 1. The first-order chi connectivity index (χ1) is 16.3. The third-order valence-corrected chi connectivity index (χ3v) is 5.78. The molecule has 186 valence electrons. The fourth-order valence-corrected chi connectivity index (χ4v) is 3.74. The first-order valence-electron chi connectivity index (χ1n) is 10.6. The van der Waals surface area contributed by atoms with Crippen LogP contribution in [-0.4, -0.2) is 32.5 Å². The molecular weight excluding hydrogens is 504 g/mol. The number of benzene rings is 1. The molecule has 35 heavy (non-hydrogen) atoms. The van der Waals surface area contributed by atoms with Crippen molar-refractivity contribution in [2.24, 2.45) is 0 Å². The molecule has 0 saturated carbocycles. The Kier molecular flexibility index (Phi) is 8.22. The molecular formula is C24H23Cl2F3N4O2. The van der Waals surface area contributed by atoms with Crippen LogP contribution in [0.4, 0.5) is 13.2 Å². The van der Waals surface area contributed by atoms with E-state index >= 15 is 0 Å². The van der Waals surface area contributed by atoms with E-state index in [0.717, 1.165) is 17.5 Å². The molecule has 11 heteroatoms. The zero-order valence-corrected chi connectivity index (χ0v) is 20.6. The lowest BCUT2D eigenvalue weighted by molar-refractivity contribution is -0.141. The largest absolute Gasteiger partial charge is 0.461 e. The minimum Gasteiger partial charge on any atom is -0.461 e. The highest BCUT2D eigenvalue weighted by molar-refractivity contribution is 6.30. The molecule has 0 saturated heterocycles. The van der Waals surface area contributed by atoms with E-state index in [9.17, 15) is 18.0 Å². The molecule has 6 nitrogen and oxygen atoms in total. The van der Waals surface area contributed by atoms with Crippen LogP contribution in [-0.2, 0) is 17.4 Å². The highest BCUT2D eigenvalue weighted by Crippen LogP contribution is 2.30. The van der Waals surface area contributed by atoms with Crippen LogP contribution in [0.2, 0.25) is 10.0 Å². The standard InChI is InChI=1S/C24H23Cl2F3N4O2/c1-14(19(16-9-18(26)12-30-11-16)8-15-4-6-17(25)7-5-15)33-22(34)23(2,3)35-21-10-20(24(27,28)29)31-13-32-21/h4-7,9-14,19H,8H2,1-3H3,(H,33,34). The van der Waals surface area contributed by atoms with Crippen LogP contribution >= 0.6 is 23.2 Å². The number of nitrogens with one attached hydrogen (secondary N) is 1. The first kappa shape index (κ1) is 26.7. The van der Waals surface area contributed by atoms with Crippen LogP contribution in [0.15, 0.2) is 55.1 Å². The van der Waals surface area contributed by atoms with Crippen LogP contribution < -0.4 is 10.1 Å². The number of amides is 1. The fraction of sp³-hybridized carbons (Fsp3) is 0.333. The second kappa shape index (κ2) is 10.8. The molecule has 0 spiro atoms. The molecule has 3 rings (SSSR count). The van der Waals surface area contributed by atoms with Gasteiger partial charge >= 0.3 is 6.18 Å². The SMILES string of the molecule is CC(NC(=O)C(C)(C)Oc1cc(C(F)(F)F)ncn1)C(Cc1ccc(Cl)cc1)c1cncc(Cl)c1. The van der Waals surface area contributed by atoms with Gasteiger partial charge in [-0.1, -0.05) is 35.3 Å². The zero-order valence-electron chi connectivity index (χ0n) is 19.1. The molecule has 0 aliphatic heterocycles. The van der Waals surface area contributed by atoms with Crippen molar-refractivity contribution in [3.05, 3.63) is 82.0 Å². The highest BCUT2D eigenvalue weighted by Gasteiger charge is 2.36. The van der Waals surface area contributed by atoms with Crippen molar-refractivity contribution in [2.45, 2.75) is 50.9 Å². The van der Waals surface area contributed by atoms with Gasteiger partial charge in [-0.05, 0) is 56.5 Å². The van der Waals surface area contributed by atoms with Gasteiger partial charge in [0.15, 0.2) is 11.3 Å². The Morgan fingerprint density at radius 1 is 1.06 bits per heavy atom. The number of pyridine rings is 1. The summed E-state index contributed by atoms with van der Waals surface area (Å²) in [6.45, 7) is 4.71. The average molecular weight is 527 g/mol. The van der Waals surface area contributed by atoms with Crippen LogP contribution in [0.25, 0.3) is 0 Å². The minimum atomic E-state index is -4.66. The molecule has 2 aromatic heterocycles. The van der Waals surface area contributed by atoms with E-state index in [-0.39, 0.29) is 11.8 Å². The number of nitrogens with zero attached hydrogens (tertiary/aromatic N) is 3. The monoisotopic (exact) mass is 526 g/mol. The lowest BCUT2D eigenvalue weighted by atomic mass is 9.87. The Labute approximate surface area is 210 Å². The summed E-state index contributed by atoms with van der Waals surface area (Å²) in [7, 11) is 0. The van der Waals surface area contributed by atoms with Gasteiger partial charge in [0, 0.05) is 35.4 Å². The number of hydrogen-bond acceptors (Lipinski definition) is 5. The van der Waals surface area contributed by atoms with Gasteiger partial charge in [0.05, 0.1) is 5.02 Å². The van der Waals surface area contributed by atoms with E-state index in [1.807, 2.05) is 19.1 Å². The fourth-order valence-electron chi connectivity index (χ4n) is 3.43. The lowest BCUT2D eigenvalue weighted by Crippen LogP contribution is -2.51. The van der Waals surface area contributed by atoms with Gasteiger partial charge in [-0.2, -0.15) is 13.2 Å². The van der Waals surface area contributed by atoms with Crippen molar-refractivity contribution in [1.29, 1.82) is 0 Å². The van der Waals surface area contributed by atoms with E-state index in [4.69, 9.17) is 27.9 Å². The number of alkyl halides is 3. The topological polar surface area (TPSA) is 77.0 Å². The highest BCUT2D eigenvalue weighted by atomic mass is 35.5. The maximum Gasteiger partial charge on any atom is 0.433 e. The second-order valence-corrected chi connectivity index (χ2v) is 9.36. The van der Waals surface area contributed by atoms with E-state index in [0.29, 0.717) is 22.5 Å². The number of halogens is 5. The van der Waals surface area contributed by atoms with Gasteiger partial charge in [-0.25, -0.2) is 9.97 Å². The Bertz CT molecular complexity index is 1170. The molecule has 0 bridgehead atoms. The Morgan fingerprint density at radius 3 is 2.37 bits per heavy atom. The van der Waals surface area contributed by atoms with E-state index in [1.165, 1.54) is 20.0 Å². The maximum absolute atomic E-state index is 13.1. The Hall–Kier alpha value is -2.91. The van der Waals surface area contributed by atoms with Crippen LogP contribution in [0.3, 0.4) is 0 Å². The molecule has 0 aliphatic rings. The summed E-state index contributed by atoms with van der Waals surface area (Å²) in [4.78, 5) is 24.2. The molecule has 1 aromatic carbocycles. The summed E-state index contributed by atoms with van der Waals surface area (Å²) >= 11 is 12.2. The van der Waals surface area contributed by atoms with Crippen LogP contribution in [0.5, 0.6) is 5.88 Å².